The number of hydroxylamine groups is 1. The fraction of sp³-hybridized carbons (Fsp3) is 0.875. The van der Waals surface area contributed by atoms with Crippen LogP contribution in [0.2, 0.25) is 0 Å². The highest BCUT2D eigenvalue weighted by Crippen LogP contribution is 2.02. The second-order valence-corrected chi connectivity index (χ2v) is 2.78. The van der Waals surface area contributed by atoms with Gasteiger partial charge in [0.05, 0.1) is 6.61 Å². The minimum Gasteiger partial charge on any atom is -0.302 e. The second kappa shape index (κ2) is 7.03. The molecule has 0 amide bonds. The van der Waals surface area contributed by atoms with Crippen LogP contribution in [0.4, 0.5) is 0 Å². The third-order valence-electron chi connectivity index (χ3n) is 1.23. The Balaban J connectivity index is 2.77. The van der Waals surface area contributed by atoms with Gasteiger partial charge in [0.25, 0.3) is 0 Å². The molecule has 2 heteroatoms. The van der Waals surface area contributed by atoms with Crippen LogP contribution in [-0.2, 0) is 4.84 Å². The summed E-state index contributed by atoms with van der Waals surface area (Å²) in [6.45, 7) is 9.46. The van der Waals surface area contributed by atoms with Crippen LogP contribution in [0.25, 0.3) is 0 Å². The summed E-state index contributed by atoms with van der Waals surface area (Å²) in [4.78, 5) is 5.02. The summed E-state index contributed by atoms with van der Waals surface area (Å²) in [5.41, 5.74) is 2.71. The first-order valence-corrected chi connectivity index (χ1v) is 3.91. The number of nitrogens with one attached hydrogen (secondary N) is 1. The van der Waals surface area contributed by atoms with Gasteiger partial charge < -0.3 is 4.84 Å². The molecular weight excluding hydrogens is 126 g/mol. The molecule has 61 valence electrons. The highest BCUT2D eigenvalue weighted by atomic mass is 16.6. The standard InChI is InChI=1S/C8H18NO/c1-4-9-10-7-5-6-8(2)3/h8-9H,1,4-7H2,2-3H3. The number of hydrogen-bond acceptors (Lipinski definition) is 2. The van der Waals surface area contributed by atoms with Crippen molar-refractivity contribution >= 4 is 0 Å². The van der Waals surface area contributed by atoms with Crippen molar-refractivity contribution < 1.29 is 4.84 Å². The van der Waals surface area contributed by atoms with Crippen molar-refractivity contribution in [1.82, 2.24) is 5.48 Å². The molecule has 0 saturated carbocycles. The van der Waals surface area contributed by atoms with Crippen LogP contribution in [0.1, 0.15) is 26.7 Å². The minimum atomic E-state index is 0.641. The molecule has 0 aliphatic carbocycles. The van der Waals surface area contributed by atoms with Crippen molar-refractivity contribution in [1.29, 1.82) is 0 Å². The van der Waals surface area contributed by atoms with Crippen LogP contribution < -0.4 is 5.48 Å². The first-order chi connectivity index (χ1) is 4.77. The van der Waals surface area contributed by atoms with Crippen LogP contribution in [0.15, 0.2) is 0 Å². The van der Waals surface area contributed by atoms with E-state index in [9.17, 15) is 0 Å². The number of hydrogen-bond donors (Lipinski definition) is 1. The van der Waals surface area contributed by atoms with Crippen molar-refractivity contribution in [2.24, 2.45) is 5.92 Å². The van der Waals surface area contributed by atoms with E-state index in [-0.39, 0.29) is 0 Å². The zero-order valence-corrected chi connectivity index (χ0v) is 7.02. The summed E-state index contributed by atoms with van der Waals surface area (Å²) in [6.07, 6.45) is 2.36. The SMILES string of the molecule is [CH2]CNOCCCC(C)C. The third-order valence-corrected chi connectivity index (χ3v) is 1.23. The first-order valence-electron chi connectivity index (χ1n) is 3.91. The van der Waals surface area contributed by atoms with Crippen LogP contribution in [0, 0.1) is 12.8 Å². The van der Waals surface area contributed by atoms with Gasteiger partial charge in [-0.15, -0.1) is 0 Å². The molecule has 0 aromatic carbocycles. The van der Waals surface area contributed by atoms with Crippen molar-refractivity contribution in [2.75, 3.05) is 13.2 Å². The normalized spacial score (nSPS) is 10.8. The summed E-state index contributed by atoms with van der Waals surface area (Å²) >= 11 is 0. The van der Waals surface area contributed by atoms with Gasteiger partial charge in [-0.25, -0.2) is 5.48 Å². The minimum absolute atomic E-state index is 0.641. The van der Waals surface area contributed by atoms with Crippen LogP contribution in [0.5, 0.6) is 0 Å². The van der Waals surface area contributed by atoms with E-state index in [2.05, 4.69) is 26.3 Å². The lowest BCUT2D eigenvalue weighted by Gasteiger charge is -2.04. The molecule has 2 nitrogen and oxygen atoms in total. The summed E-state index contributed by atoms with van der Waals surface area (Å²) in [6, 6.07) is 0. The molecule has 0 atom stereocenters. The van der Waals surface area contributed by atoms with Crippen molar-refractivity contribution in [3.05, 3.63) is 6.92 Å². The second-order valence-electron chi connectivity index (χ2n) is 2.78. The Morgan fingerprint density at radius 2 is 2.20 bits per heavy atom. The van der Waals surface area contributed by atoms with Gasteiger partial charge in [0.15, 0.2) is 0 Å². The summed E-state index contributed by atoms with van der Waals surface area (Å²) in [7, 11) is 0. The lowest BCUT2D eigenvalue weighted by atomic mass is 10.1. The molecule has 0 heterocycles. The van der Waals surface area contributed by atoms with E-state index in [0.717, 1.165) is 18.9 Å². The summed E-state index contributed by atoms with van der Waals surface area (Å²) in [5.74, 6) is 0.781. The maximum absolute atomic E-state index is 5.02. The van der Waals surface area contributed by atoms with E-state index in [4.69, 9.17) is 4.84 Å². The number of rotatable bonds is 6. The molecule has 0 fully saturated rings. The Morgan fingerprint density at radius 3 is 2.70 bits per heavy atom. The highest BCUT2D eigenvalue weighted by molar-refractivity contribution is 4.43. The molecule has 0 spiro atoms. The summed E-state index contributed by atoms with van der Waals surface area (Å²) < 4.78 is 0. The fourth-order valence-electron chi connectivity index (χ4n) is 0.708. The molecule has 0 aliphatic rings. The van der Waals surface area contributed by atoms with Crippen molar-refractivity contribution in [3.63, 3.8) is 0 Å². The van der Waals surface area contributed by atoms with Gasteiger partial charge in [-0.2, -0.15) is 0 Å². The lowest BCUT2D eigenvalue weighted by molar-refractivity contribution is 0.0442. The zero-order valence-electron chi connectivity index (χ0n) is 7.02. The molecule has 0 rings (SSSR count). The van der Waals surface area contributed by atoms with E-state index in [1.54, 1.807) is 0 Å². The molecule has 0 bridgehead atoms. The monoisotopic (exact) mass is 144 g/mol. The van der Waals surface area contributed by atoms with Gasteiger partial charge in [-0.3, -0.25) is 0 Å². The van der Waals surface area contributed by atoms with Gasteiger partial charge >= 0.3 is 0 Å². The third kappa shape index (κ3) is 7.92. The van der Waals surface area contributed by atoms with Crippen LogP contribution in [0.3, 0.4) is 0 Å². The zero-order chi connectivity index (χ0) is 7.82. The van der Waals surface area contributed by atoms with Crippen LogP contribution >= 0.6 is 0 Å². The molecular formula is C8H18NO. The molecule has 0 aliphatic heterocycles. The largest absolute Gasteiger partial charge is 0.302 e. The van der Waals surface area contributed by atoms with Crippen molar-refractivity contribution in [3.8, 4) is 0 Å². The maximum atomic E-state index is 5.02. The molecule has 0 aromatic rings. The average molecular weight is 144 g/mol. The molecule has 10 heavy (non-hydrogen) atoms. The first kappa shape index (κ1) is 9.92. The fourth-order valence-corrected chi connectivity index (χ4v) is 0.708. The Kier molecular flexibility index (Phi) is 6.98. The van der Waals surface area contributed by atoms with E-state index in [1.807, 2.05) is 0 Å². The van der Waals surface area contributed by atoms with E-state index < -0.39 is 0 Å². The van der Waals surface area contributed by atoms with Gasteiger partial charge in [-0.1, -0.05) is 13.8 Å². The predicted octanol–water partition coefficient (Wildman–Crippen LogP) is 1.78. The molecule has 1 radical (unpaired) electrons. The average Bonchev–Trinajstić information content (AvgIpc) is 1.87. The van der Waals surface area contributed by atoms with Gasteiger partial charge in [0, 0.05) is 6.54 Å². The van der Waals surface area contributed by atoms with E-state index in [0.29, 0.717) is 6.54 Å². The molecule has 0 aromatic heterocycles. The molecule has 0 saturated heterocycles. The van der Waals surface area contributed by atoms with Gasteiger partial charge in [0.1, 0.15) is 0 Å². The van der Waals surface area contributed by atoms with Crippen LogP contribution in [-0.4, -0.2) is 13.2 Å². The summed E-state index contributed by atoms with van der Waals surface area (Å²) in [5, 5.41) is 0. The van der Waals surface area contributed by atoms with Gasteiger partial charge in [0.2, 0.25) is 0 Å². The van der Waals surface area contributed by atoms with E-state index in [1.165, 1.54) is 6.42 Å². The quantitative estimate of drug-likeness (QED) is 0.453. The predicted molar refractivity (Wildman–Crippen MR) is 43.4 cm³/mol. The smallest absolute Gasteiger partial charge is 0.0682 e. The Labute approximate surface area is 63.9 Å². The Morgan fingerprint density at radius 1 is 1.50 bits per heavy atom. The maximum Gasteiger partial charge on any atom is 0.0682 e. The molecule has 1 N–H and O–H groups in total. The molecule has 0 unspecified atom stereocenters. The topological polar surface area (TPSA) is 21.3 Å². The Bertz CT molecular complexity index is 64.3. The highest BCUT2D eigenvalue weighted by Gasteiger charge is 1.92. The van der Waals surface area contributed by atoms with Gasteiger partial charge in [-0.05, 0) is 25.7 Å². The lowest BCUT2D eigenvalue weighted by Crippen LogP contribution is -2.14. The Hall–Kier alpha value is -0.0800. The van der Waals surface area contributed by atoms with E-state index >= 15 is 0 Å². The van der Waals surface area contributed by atoms with Crippen molar-refractivity contribution in [2.45, 2.75) is 26.7 Å².